The predicted octanol–water partition coefficient (Wildman–Crippen LogP) is 2.94. The van der Waals surface area contributed by atoms with Crippen LogP contribution in [0.3, 0.4) is 0 Å². The van der Waals surface area contributed by atoms with Gasteiger partial charge in [-0.25, -0.2) is 0 Å². The summed E-state index contributed by atoms with van der Waals surface area (Å²) in [5.41, 5.74) is 0.527. The average molecular weight is 296 g/mol. The SMILES string of the molecule is Cc1cc(O)ccc1C(=O)N(CCCl)CC(F)(F)F. The van der Waals surface area contributed by atoms with Crippen molar-refractivity contribution in [2.24, 2.45) is 0 Å². The van der Waals surface area contributed by atoms with Crippen molar-refractivity contribution in [2.45, 2.75) is 13.1 Å². The molecular formula is C12H13ClF3NO2. The Labute approximate surface area is 113 Å². The first kappa shape index (κ1) is 15.6. The molecule has 0 aliphatic carbocycles. The van der Waals surface area contributed by atoms with E-state index in [0.717, 1.165) is 0 Å². The molecule has 7 heteroatoms. The Morgan fingerprint density at radius 1 is 1.42 bits per heavy atom. The number of amides is 1. The van der Waals surface area contributed by atoms with Crippen molar-refractivity contribution >= 4 is 17.5 Å². The fraction of sp³-hybridized carbons (Fsp3) is 0.417. The van der Waals surface area contributed by atoms with Gasteiger partial charge in [-0.1, -0.05) is 0 Å². The van der Waals surface area contributed by atoms with Crippen LogP contribution in [-0.2, 0) is 0 Å². The normalized spacial score (nSPS) is 11.4. The number of halogens is 4. The summed E-state index contributed by atoms with van der Waals surface area (Å²) in [4.78, 5) is 12.7. The minimum atomic E-state index is -4.48. The zero-order valence-corrected chi connectivity index (χ0v) is 10.9. The number of aromatic hydroxyl groups is 1. The first-order valence-corrected chi connectivity index (χ1v) is 5.99. The van der Waals surface area contributed by atoms with Gasteiger partial charge in [0.05, 0.1) is 0 Å². The maximum absolute atomic E-state index is 12.4. The summed E-state index contributed by atoms with van der Waals surface area (Å²) < 4.78 is 37.2. The van der Waals surface area contributed by atoms with E-state index in [1.165, 1.54) is 18.2 Å². The molecule has 0 saturated carbocycles. The van der Waals surface area contributed by atoms with Gasteiger partial charge < -0.3 is 10.0 Å². The minimum Gasteiger partial charge on any atom is -0.508 e. The molecule has 0 bridgehead atoms. The largest absolute Gasteiger partial charge is 0.508 e. The van der Waals surface area contributed by atoms with Crippen LogP contribution < -0.4 is 0 Å². The molecule has 106 valence electrons. The van der Waals surface area contributed by atoms with Crippen molar-refractivity contribution in [1.29, 1.82) is 0 Å². The molecule has 0 atom stereocenters. The lowest BCUT2D eigenvalue weighted by Crippen LogP contribution is -2.40. The van der Waals surface area contributed by atoms with Crippen molar-refractivity contribution in [1.82, 2.24) is 4.90 Å². The maximum atomic E-state index is 12.4. The Hall–Kier alpha value is -1.43. The lowest BCUT2D eigenvalue weighted by Gasteiger charge is -2.23. The summed E-state index contributed by atoms with van der Waals surface area (Å²) in [6, 6.07) is 3.87. The minimum absolute atomic E-state index is 0.0474. The van der Waals surface area contributed by atoms with E-state index in [1.54, 1.807) is 6.92 Å². The van der Waals surface area contributed by atoms with Gasteiger partial charge in [0, 0.05) is 18.0 Å². The second kappa shape index (κ2) is 6.14. The molecule has 0 aliphatic heterocycles. The van der Waals surface area contributed by atoms with Crippen LogP contribution >= 0.6 is 11.6 Å². The van der Waals surface area contributed by atoms with Crippen LogP contribution in [0.25, 0.3) is 0 Å². The Kier molecular flexibility index (Phi) is 5.05. The number of phenols is 1. The molecule has 19 heavy (non-hydrogen) atoms. The van der Waals surface area contributed by atoms with Crippen LogP contribution in [0, 0.1) is 6.92 Å². The molecule has 0 aliphatic rings. The molecule has 0 radical (unpaired) electrons. The van der Waals surface area contributed by atoms with Gasteiger partial charge in [0.25, 0.3) is 5.91 Å². The number of carbonyl (C=O) groups excluding carboxylic acids is 1. The van der Waals surface area contributed by atoms with Crippen molar-refractivity contribution in [3.8, 4) is 5.75 Å². The van der Waals surface area contributed by atoms with Crippen LogP contribution in [0.2, 0.25) is 0 Å². The lowest BCUT2D eigenvalue weighted by molar-refractivity contribution is -0.140. The highest BCUT2D eigenvalue weighted by atomic mass is 35.5. The van der Waals surface area contributed by atoms with Gasteiger partial charge >= 0.3 is 6.18 Å². The summed E-state index contributed by atoms with van der Waals surface area (Å²) in [7, 11) is 0. The van der Waals surface area contributed by atoms with E-state index in [4.69, 9.17) is 11.6 Å². The molecule has 1 rings (SSSR count). The molecule has 0 heterocycles. The molecular weight excluding hydrogens is 283 g/mol. The quantitative estimate of drug-likeness (QED) is 0.868. The zero-order valence-electron chi connectivity index (χ0n) is 10.2. The number of alkyl halides is 4. The van der Waals surface area contributed by atoms with Gasteiger partial charge in [0.2, 0.25) is 0 Å². The Bertz CT molecular complexity index is 463. The van der Waals surface area contributed by atoms with Crippen molar-refractivity contribution in [3.05, 3.63) is 29.3 Å². The molecule has 1 aromatic rings. The van der Waals surface area contributed by atoms with Gasteiger partial charge in [0.15, 0.2) is 0 Å². The van der Waals surface area contributed by atoms with Gasteiger partial charge in [-0.05, 0) is 30.7 Å². The Balaban J connectivity index is 2.99. The smallest absolute Gasteiger partial charge is 0.406 e. The second-order valence-corrected chi connectivity index (χ2v) is 4.41. The van der Waals surface area contributed by atoms with Crippen molar-refractivity contribution < 1.29 is 23.1 Å². The zero-order chi connectivity index (χ0) is 14.6. The molecule has 0 saturated heterocycles. The third-order valence-corrected chi connectivity index (χ3v) is 2.62. The molecule has 0 spiro atoms. The van der Waals surface area contributed by atoms with E-state index in [2.05, 4.69) is 0 Å². The molecule has 1 amide bonds. The third-order valence-electron chi connectivity index (χ3n) is 2.45. The molecule has 0 unspecified atom stereocenters. The second-order valence-electron chi connectivity index (χ2n) is 4.03. The molecule has 1 aromatic carbocycles. The standard InChI is InChI=1S/C12H13ClF3NO2/c1-8-6-9(18)2-3-10(8)11(19)17(5-4-13)7-12(14,15)16/h2-3,6,18H,4-5,7H2,1H3. The first-order valence-electron chi connectivity index (χ1n) is 5.46. The average Bonchev–Trinajstić information content (AvgIpc) is 2.26. The number of hydrogen-bond donors (Lipinski definition) is 1. The number of aryl methyl sites for hydroxylation is 1. The van der Waals surface area contributed by atoms with E-state index in [1.807, 2.05) is 0 Å². The fourth-order valence-electron chi connectivity index (χ4n) is 1.63. The molecule has 0 fully saturated rings. The highest BCUT2D eigenvalue weighted by Gasteiger charge is 2.33. The Morgan fingerprint density at radius 2 is 2.05 bits per heavy atom. The number of benzene rings is 1. The van der Waals surface area contributed by atoms with Gasteiger partial charge in [-0.2, -0.15) is 13.2 Å². The van der Waals surface area contributed by atoms with E-state index < -0.39 is 18.6 Å². The van der Waals surface area contributed by atoms with Crippen LogP contribution in [0.4, 0.5) is 13.2 Å². The van der Waals surface area contributed by atoms with E-state index in [-0.39, 0.29) is 23.7 Å². The highest BCUT2D eigenvalue weighted by Crippen LogP contribution is 2.21. The van der Waals surface area contributed by atoms with Crippen LogP contribution in [0.5, 0.6) is 5.75 Å². The van der Waals surface area contributed by atoms with Crippen molar-refractivity contribution in [3.63, 3.8) is 0 Å². The third kappa shape index (κ3) is 4.63. The fourth-order valence-corrected chi connectivity index (χ4v) is 1.83. The topological polar surface area (TPSA) is 40.5 Å². The number of hydrogen-bond acceptors (Lipinski definition) is 2. The van der Waals surface area contributed by atoms with E-state index in [9.17, 15) is 23.1 Å². The number of carbonyl (C=O) groups is 1. The number of phenolic OH excluding ortho intramolecular Hbond substituents is 1. The predicted molar refractivity (Wildman–Crippen MR) is 65.5 cm³/mol. The monoisotopic (exact) mass is 295 g/mol. The van der Waals surface area contributed by atoms with E-state index in [0.29, 0.717) is 10.5 Å². The molecule has 0 aromatic heterocycles. The van der Waals surface area contributed by atoms with Crippen LogP contribution in [0.15, 0.2) is 18.2 Å². The number of nitrogens with zero attached hydrogens (tertiary/aromatic N) is 1. The van der Waals surface area contributed by atoms with Gasteiger partial charge in [-0.15, -0.1) is 11.6 Å². The molecule has 3 nitrogen and oxygen atoms in total. The van der Waals surface area contributed by atoms with Crippen molar-refractivity contribution in [2.75, 3.05) is 19.0 Å². The summed E-state index contributed by atoms with van der Waals surface area (Å²) in [5, 5.41) is 9.22. The maximum Gasteiger partial charge on any atom is 0.406 e. The van der Waals surface area contributed by atoms with E-state index >= 15 is 0 Å². The van der Waals surface area contributed by atoms with Gasteiger partial charge in [-0.3, -0.25) is 4.79 Å². The first-order chi connectivity index (χ1) is 8.74. The summed E-state index contributed by atoms with van der Waals surface area (Å²) >= 11 is 5.42. The highest BCUT2D eigenvalue weighted by molar-refractivity contribution is 6.18. The summed E-state index contributed by atoms with van der Waals surface area (Å²) in [5.74, 6) is -0.886. The van der Waals surface area contributed by atoms with Crippen LogP contribution in [0.1, 0.15) is 15.9 Å². The number of rotatable bonds is 4. The van der Waals surface area contributed by atoms with Crippen LogP contribution in [-0.4, -0.2) is 41.1 Å². The van der Waals surface area contributed by atoms with Gasteiger partial charge in [0.1, 0.15) is 12.3 Å². The molecule has 1 N–H and O–H groups in total. The lowest BCUT2D eigenvalue weighted by atomic mass is 10.1. The Morgan fingerprint density at radius 3 is 2.53 bits per heavy atom. The summed E-state index contributed by atoms with van der Waals surface area (Å²) in [6.45, 7) is -0.00149. The summed E-state index contributed by atoms with van der Waals surface area (Å²) in [6.07, 6.45) is -4.48.